The zero-order valence-corrected chi connectivity index (χ0v) is 13.2. The van der Waals surface area contributed by atoms with E-state index in [4.69, 9.17) is 0 Å². The van der Waals surface area contributed by atoms with Gasteiger partial charge in [-0.3, -0.25) is 4.98 Å². The molecule has 1 aliphatic heterocycles. The first-order chi connectivity index (χ1) is 9.69. The molecule has 0 spiro atoms. The van der Waals surface area contributed by atoms with E-state index in [1.54, 1.807) is 0 Å². The van der Waals surface area contributed by atoms with Crippen molar-refractivity contribution < 1.29 is 0 Å². The Morgan fingerprint density at radius 3 is 3.05 bits per heavy atom. The SMILES string of the molecule is CCC1CCCN(c2ccnc(CNCC(C)C)c2)C1. The van der Waals surface area contributed by atoms with Crippen LogP contribution < -0.4 is 10.2 Å². The van der Waals surface area contributed by atoms with Gasteiger partial charge in [0.15, 0.2) is 0 Å². The highest BCUT2D eigenvalue weighted by Gasteiger charge is 2.18. The molecule has 0 radical (unpaired) electrons. The van der Waals surface area contributed by atoms with Gasteiger partial charge in [-0.15, -0.1) is 0 Å². The molecule has 1 N–H and O–H groups in total. The van der Waals surface area contributed by atoms with E-state index < -0.39 is 0 Å². The van der Waals surface area contributed by atoms with Crippen LogP contribution in [0.3, 0.4) is 0 Å². The summed E-state index contributed by atoms with van der Waals surface area (Å²) in [5.74, 6) is 1.55. The summed E-state index contributed by atoms with van der Waals surface area (Å²) < 4.78 is 0. The number of aromatic nitrogens is 1. The van der Waals surface area contributed by atoms with E-state index in [9.17, 15) is 0 Å². The Morgan fingerprint density at radius 1 is 1.45 bits per heavy atom. The summed E-state index contributed by atoms with van der Waals surface area (Å²) in [4.78, 5) is 7.01. The van der Waals surface area contributed by atoms with Gasteiger partial charge in [0.1, 0.15) is 0 Å². The first-order valence-corrected chi connectivity index (χ1v) is 8.09. The average Bonchev–Trinajstić information content (AvgIpc) is 2.47. The van der Waals surface area contributed by atoms with E-state index in [0.717, 1.165) is 24.7 Å². The number of pyridine rings is 1. The second-order valence-corrected chi connectivity index (χ2v) is 6.39. The van der Waals surface area contributed by atoms with Crippen molar-refractivity contribution in [2.45, 2.75) is 46.6 Å². The maximum atomic E-state index is 4.48. The van der Waals surface area contributed by atoms with Gasteiger partial charge in [0.25, 0.3) is 0 Å². The number of hydrogen-bond acceptors (Lipinski definition) is 3. The van der Waals surface area contributed by atoms with Crippen LogP contribution in [0, 0.1) is 11.8 Å². The van der Waals surface area contributed by atoms with Gasteiger partial charge in [-0.1, -0.05) is 27.2 Å². The predicted molar refractivity (Wildman–Crippen MR) is 86.0 cm³/mol. The largest absolute Gasteiger partial charge is 0.371 e. The van der Waals surface area contributed by atoms with Crippen LogP contribution in [-0.4, -0.2) is 24.6 Å². The molecule has 0 aromatic carbocycles. The molecule has 20 heavy (non-hydrogen) atoms. The third-order valence-corrected chi connectivity index (χ3v) is 4.12. The molecule has 2 rings (SSSR count). The first-order valence-electron chi connectivity index (χ1n) is 8.09. The molecular formula is C17H29N3. The summed E-state index contributed by atoms with van der Waals surface area (Å²) in [6.07, 6.45) is 5.96. The molecule has 1 fully saturated rings. The number of rotatable bonds is 6. The van der Waals surface area contributed by atoms with Crippen LogP contribution in [0.2, 0.25) is 0 Å². The number of piperidine rings is 1. The minimum absolute atomic E-state index is 0.686. The Balaban J connectivity index is 1.94. The van der Waals surface area contributed by atoms with Gasteiger partial charge in [-0.2, -0.15) is 0 Å². The highest BCUT2D eigenvalue weighted by molar-refractivity contribution is 5.47. The van der Waals surface area contributed by atoms with E-state index in [1.807, 2.05) is 6.20 Å². The quantitative estimate of drug-likeness (QED) is 0.862. The lowest BCUT2D eigenvalue weighted by Crippen LogP contribution is -2.35. The fourth-order valence-electron chi connectivity index (χ4n) is 2.88. The fourth-order valence-corrected chi connectivity index (χ4v) is 2.88. The van der Waals surface area contributed by atoms with Crippen molar-refractivity contribution in [2.24, 2.45) is 11.8 Å². The van der Waals surface area contributed by atoms with Gasteiger partial charge >= 0.3 is 0 Å². The van der Waals surface area contributed by atoms with Crippen molar-refractivity contribution in [1.29, 1.82) is 0 Å². The molecule has 1 aliphatic rings. The molecule has 0 aliphatic carbocycles. The molecular weight excluding hydrogens is 246 g/mol. The molecule has 0 saturated carbocycles. The maximum Gasteiger partial charge on any atom is 0.0562 e. The van der Waals surface area contributed by atoms with E-state index >= 15 is 0 Å². The van der Waals surface area contributed by atoms with Crippen molar-refractivity contribution in [2.75, 3.05) is 24.5 Å². The van der Waals surface area contributed by atoms with Gasteiger partial charge in [0, 0.05) is 31.5 Å². The molecule has 0 bridgehead atoms. The Bertz CT molecular complexity index is 403. The Kier molecular flexibility index (Phi) is 5.84. The third-order valence-electron chi connectivity index (χ3n) is 4.12. The van der Waals surface area contributed by atoms with Crippen LogP contribution in [0.15, 0.2) is 18.3 Å². The van der Waals surface area contributed by atoms with E-state index in [1.165, 1.54) is 38.0 Å². The lowest BCUT2D eigenvalue weighted by molar-refractivity contribution is 0.404. The zero-order valence-electron chi connectivity index (χ0n) is 13.2. The summed E-state index contributed by atoms with van der Waals surface area (Å²) >= 11 is 0. The highest BCUT2D eigenvalue weighted by Crippen LogP contribution is 2.24. The summed E-state index contributed by atoms with van der Waals surface area (Å²) in [6, 6.07) is 4.41. The van der Waals surface area contributed by atoms with Crippen molar-refractivity contribution in [3.8, 4) is 0 Å². The molecule has 3 nitrogen and oxygen atoms in total. The number of nitrogens with one attached hydrogen (secondary N) is 1. The van der Waals surface area contributed by atoms with Crippen LogP contribution in [0.4, 0.5) is 5.69 Å². The second kappa shape index (κ2) is 7.63. The summed E-state index contributed by atoms with van der Waals surface area (Å²) in [7, 11) is 0. The summed E-state index contributed by atoms with van der Waals surface area (Å²) in [5.41, 5.74) is 2.50. The standard InChI is InChI=1S/C17H29N3/c1-4-15-6-5-9-20(13-15)17-7-8-19-16(10-17)12-18-11-14(2)3/h7-8,10,14-15,18H,4-6,9,11-13H2,1-3H3. The minimum Gasteiger partial charge on any atom is -0.371 e. The predicted octanol–water partition coefficient (Wildman–Crippen LogP) is 3.45. The van der Waals surface area contributed by atoms with Crippen molar-refractivity contribution in [3.05, 3.63) is 24.0 Å². The van der Waals surface area contributed by atoms with Gasteiger partial charge in [0.05, 0.1) is 5.69 Å². The second-order valence-electron chi connectivity index (χ2n) is 6.39. The van der Waals surface area contributed by atoms with Crippen LogP contribution in [0.1, 0.15) is 45.7 Å². The molecule has 3 heteroatoms. The monoisotopic (exact) mass is 275 g/mol. The molecule has 2 heterocycles. The summed E-state index contributed by atoms with van der Waals surface area (Å²) in [6.45, 7) is 11.1. The normalized spacial score (nSPS) is 19.6. The van der Waals surface area contributed by atoms with E-state index in [2.05, 4.69) is 48.1 Å². The molecule has 0 amide bonds. The Hall–Kier alpha value is -1.09. The molecule has 1 aromatic heterocycles. The number of hydrogen-bond donors (Lipinski definition) is 1. The van der Waals surface area contributed by atoms with Crippen LogP contribution in [0.5, 0.6) is 0 Å². The third kappa shape index (κ3) is 4.48. The van der Waals surface area contributed by atoms with Crippen molar-refractivity contribution >= 4 is 5.69 Å². The van der Waals surface area contributed by atoms with Crippen LogP contribution >= 0.6 is 0 Å². The van der Waals surface area contributed by atoms with Gasteiger partial charge in [-0.25, -0.2) is 0 Å². The van der Waals surface area contributed by atoms with Gasteiger partial charge in [0.2, 0.25) is 0 Å². The Labute approximate surface area is 123 Å². The van der Waals surface area contributed by atoms with Gasteiger partial charge < -0.3 is 10.2 Å². The van der Waals surface area contributed by atoms with Crippen molar-refractivity contribution in [3.63, 3.8) is 0 Å². The van der Waals surface area contributed by atoms with E-state index in [0.29, 0.717) is 5.92 Å². The lowest BCUT2D eigenvalue weighted by Gasteiger charge is -2.34. The molecule has 1 unspecified atom stereocenters. The summed E-state index contributed by atoms with van der Waals surface area (Å²) in [5, 5.41) is 3.47. The smallest absolute Gasteiger partial charge is 0.0562 e. The molecule has 112 valence electrons. The van der Waals surface area contributed by atoms with Crippen LogP contribution in [0.25, 0.3) is 0 Å². The minimum atomic E-state index is 0.686. The molecule has 1 saturated heterocycles. The average molecular weight is 275 g/mol. The number of anilines is 1. The zero-order chi connectivity index (χ0) is 14.4. The van der Waals surface area contributed by atoms with Crippen molar-refractivity contribution in [1.82, 2.24) is 10.3 Å². The first kappa shape index (κ1) is 15.3. The van der Waals surface area contributed by atoms with Gasteiger partial charge in [-0.05, 0) is 43.4 Å². The maximum absolute atomic E-state index is 4.48. The fraction of sp³-hybridized carbons (Fsp3) is 0.706. The van der Waals surface area contributed by atoms with E-state index in [-0.39, 0.29) is 0 Å². The molecule has 1 aromatic rings. The highest BCUT2D eigenvalue weighted by atomic mass is 15.1. The number of nitrogens with zero attached hydrogens (tertiary/aromatic N) is 2. The lowest BCUT2D eigenvalue weighted by atomic mass is 9.95. The van der Waals surface area contributed by atoms with Crippen LogP contribution in [-0.2, 0) is 6.54 Å². The topological polar surface area (TPSA) is 28.2 Å². The molecule has 1 atom stereocenters. The Morgan fingerprint density at radius 2 is 2.30 bits per heavy atom.